The van der Waals surface area contributed by atoms with Crippen LogP contribution in [0.25, 0.3) is 0 Å². The minimum atomic E-state index is 0.255. The van der Waals surface area contributed by atoms with Crippen LogP contribution in [0.5, 0.6) is 0 Å². The molecule has 1 saturated heterocycles. The summed E-state index contributed by atoms with van der Waals surface area (Å²) in [4.78, 5) is 6.04. The molecule has 1 atom stereocenters. The number of aryl methyl sites for hydroxylation is 2. The van der Waals surface area contributed by atoms with E-state index in [9.17, 15) is 0 Å². The Balaban J connectivity index is 2.08. The zero-order valence-electron chi connectivity index (χ0n) is 11.7. The maximum Gasteiger partial charge on any atom is 0.0937 e. The molecule has 0 bridgehead atoms. The molecule has 1 aromatic heterocycles. The number of nitrogens with zero attached hydrogens (tertiary/aromatic N) is 1. The second kappa shape index (κ2) is 6.13. The fraction of sp³-hybridized carbons (Fsp3) is 0.786. The monoisotopic (exact) mass is 268 g/mol. The average Bonchev–Trinajstić information content (AvgIpc) is 2.67. The van der Waals surface area contributed by atoms with E-state index >= 15 is 0 Å². The first-order valence-electron chi connectivity index (χ1n) is 6.86. The van der Waals surface area contributed by atoms with Crippen LogP contribution in [0, 0.1) is 19.3 Å². The van der Waals surface area contributed by atoms with Crippen LogP contribution in [0.4, 0.5) is 0 Å². The number of aromatic nitrogens is 1. The highest BCUT2D eigenvalue weighted by Crippen LogP contribution is 2.33. The normalized spacial score (nSPS) is 24.4. The zero-order chi connectivity index (χ0) is 13.0. The van der Waals surface area contributed by atoms with Crippen LogP contribution in [-0.2, 0) is 11.2 Å². The van der Waals surface area contributed by atoms with Gasteiger partial charge in [0.1, 0.15) is 0 Å². The number of hydrogen-bond donors (Lipinski definition) is 1. The van der Waals surface area contributed by atoms with Crippen molar-refractivity contribution in [2.45, 2.75) is 40.0 Å². The highest BCUT2D eigenvalue weighted by molar-refractivity contribution is 7.11. The molecule has 0 saturated carbocycles. The lowest BCUT2D eigenvalue weighted by Gasteiger charge is -2.36. The molecule has 0 spiro atoms. The molecular formula is C14H24N2OS. The average molecular weight is 268 g/mol. The molecule has 0 radical (unpaired) electrons. The number of rotatable bonds is 5. The third kappa shape index (κ3) is 3.31. The van der Waals surface area contributed by atoms with Gasteiger partial charge in [0, 0.05) is 29.9 Å². The highest BCUT2D eigenvalue weighted by atomic mass is 32.1. The molecule has 2 rings (SSSR count). The van der Waals surface area contributed by atoms with E-state index in [1.54, 1.807) is 0 Å². The lowest BCUT2D eigenvalue weighted by molar-refractivity contribution is -0.00693. The second-order valence-corrected chi connectivity index (χ2v) is 6.65. The molecule has 1 aromatic rings. The predicted octanol–water partition coefficient (Wildman–Crippen LogP) is 2.71. The predicted molar refractivity (Wildman–Crippen MR) is 76.3 cm³/mol. The van der Waals surface area contributed by atoms with E-state index in [1.165, 1.54) is 28.4 Å². The molecule has 1 N–H and O–H groups in total. The van der Waals surface area contributed by atoms with Crippen molar-refractivity contribution < 1.29 is 4.74 Å². The lowest BCUT2D eigenvalue weighted by Crippen LogP contribution is -2.42. The molecule has 1 aliphatic rings. The van der Waals surface area contributed by atoms with Gasteiger partial charge in [-0.15, -0.1) is 11.3 Å². The Morgan fingerprint density at radius 1 is 1.44 bits per heavy atom. The van der Waals surface area contributed by atoms with E-state index in [0.717, 1.165) is 32.7 Å². The first kappa shape index (κ1) is 14.0. The van der Waals surface area contributed by atoms with Crippen molar-refractivity contribution in [1.82, 2.24) is 10.3 Å². The molecule has 4 heteroatoms. The van der Waals surface area contributed by atoms with Gasteiger partial charge in [0.2, 0.25) is 0 Å². The fourth-order valence-electron chi connectivity index (χ4n) is 2.58. The summed E-state index contributed by atoms with van der Waals surface area (Å²) in [5.41, 5.74) is 1.44. The molecule has 102 valence electrons. The van der Waals surface area contributed by atoms with Crippen LogP contribution in [0.15, 0.2) is 0 Å². The summed E-state index contributed by atoms with van der Waals surface area (Å²) < 4.78 is 5.73. The molecule has 1 aliphatic heterocycles. The van der Waals surface area contributed by atoms with Gasteiger partial charge >= 0.3 is 0 Å². The molecule has 1 unspecified atom stereocenters. The van der Waals surface area contributed by atoms with Crippen molar-refractivity contribution in [3.63, 3.8) is 0 Å². The minimum Gasteiger partial charge on any atom is -0.381 e. The minimum absolute atomic E-state index is 0.255. The van der Waals surface area contributed by atoms with Crippen LogP contribution < -0.4 is 5.32 Å². The van der Waals surface area contributed by atoms with Gasteiger partial charge in [0.05, 0.1) is 17.3 Å². The molecule has 0 aromatic carbocycles. The largest absolute Gasteiger partial charge is 0.381 e. The van der Waals surface area contributed by atoms with E-state index < -0.39 is 0 Å². The Hall–Kier alpha value is -0.450. The standard InChI is InChI=1S/C14H24N2OS/c1-4-15-9-14(6-5-7-17-10-14)8-13-16-11(2)12(3)18-13/h15H,4-10H2,1-3H3. The van der Waals surface area contributed by atoms with Crippen molar-refractivity contribution in [2.24, 2.45) is 5.41 Å². The summed E-state index contributed by atoms with van der Waals surface area (Å²) in [5, 5.41) is 4.77. The van der Waals surface area contributed by atoms with Gasteiger partial charge in [-0.3, -0.25) is 0 Å². The molecule has 3 nitrogen and oxygen atoms in total. The third-order valence-electron chi connectivity index (χ3n) is 3.75. The van der Waals surface area contributed by atoms with Crippen molar-refractivity contribution in [3.8, 4) is 0 Å². The Kier molecular flexibility index (Phi) is 4.76. The number of hydrogen-bond acceptors (Lipinski definition) is 4. The number of nitrogens with one attached hydrogen (secondary N) is 1. The Morgan fingerprint density at radius 3 is 2.83 bits per heavy atom. The fourth-order valence-corrected chi connectivity index (χ4v) is 3.68. The van der Waals surface area contributed by atoms with Crippen LogP contribution in [0.1, 0.15) is 35.3 Å². The first-order valence-corrected chi connectivity index (χ1v) is 7.68. The van der Waals surface area contributed by atoms with Crippen LogP contribution in [0.2, 0.25) is 0 Å². The zero-order valence-corrected chi connectivity index (χ0v) is 12.5. The van der Waals surface area contributed by atoms with Gasteiger partial charge in [-0.25, -0.2) is 4.98 Å². The molecular weight excluding hydrogens is 244 g/mol. The lowest BCUT2D eigenvalue weighted by atomic mass is 9.79. The van der Waals surface area contributed by atoms with Gasteiger partial charge in [-0.2, -0.15) is 0 Å². The summed E-state index contributed by atoms with van der Waals surface area (Å²) >= 11 is 1.85. The van der Waals surface area contributed by atoms with E-state index in [0.29, 0.717) is 0 Å². The number of ether oxygens (including phenoxy) is 1. The summed E-state index contributed by atoms with van der Waals surface area (Å²) in [6.07, 6.45) is 3.48. The van der Waals surface area contributed by atoms with Crippen molar-refractivity contribution in [2.75, 3.05) is 26.3 Å². The van der Waals surface area contributed by atoms with Crippen molar-refractivity contribution >= 4 is 11.3 Å². The van der Waals surface area contributed by atoms with E-state index in [1.807, 2.05) is 11.3 Å². The maximum atomic E-state index is 5.73. The smallest absolute Gasteiger partial charge is 0.0937 e. The van der Waals surface area contributed by atoms with Gasteiger partial charge in [-0.05, 0) is 33.2 Å². The maximum absolute atomic E-state index is 5.73. The van der Waals surface area contributed by atoms with Crippen LogP contribution in [0.3, 0.4) is 0 Å². The van der Waals surface area contributed by atoms with Gasteiger partial charge in [0.25, 0.3) is 0 Å². The summed E-state index contributed by atoms with van der Waals surface area (Å²) in [6, 6.07) is 0. The molecule has 0 aliphatic carbocycles. The SMILES string of the molecule is CCNCC1(Cc2nc(C)c(C)s2)CCCOC1. The number of thiazole rings is 1. The summed E-state index contributed by atoms with van der Waals surface area (Å²) in [6.45, 7) is 10.3. The topological polar surface area (TPSA) is 34.2 Å². The van der Waals surface area contributed by atoms with E-state index in [2.05, 4.69) is 26.1 Å². The molecule has 2 heterocycles. The molecule has 1 fully saturated rings. The Morgan fingerprint density at radius 2 is 2.28 bits per heavy atom. The quantitative estimate of drug-likeness (QED) is 0.891. The highest BCUT2D eigenvalue weighted by Gasteiger charge is 2.33. The summed E-state index contributed by atoms with van der Waals surface area (Å²) in [7, 11) is 0. The van der Waals surface area contributed by atoms with Crippen molar-refractivity contribution in [3.05, 3.63) is 15.6 Å². The third-order valence-corrected chi connectivity index (χ3v) is 4.83. The van der Waals surface area contributed by atoms with E-state index in [-0.39, 0.29) is 5.41 Å². The van der Waals surface area contributed by atoms with Gasteiger partial charge < -0.3 is 10.1 Å². The van der Waals surface area contributed by atoms with E-state index in [4.69, 9.17) is 9.72 Å². The van der Waals surface area contributed by atoms with Crippen LogP contribution in [-0.4, -0.2) is 31.3 Å². The summed E-state index contributed by atoms with van der Waals surface area (Å²) in [5.74, 6) is 0. The first-order chi connectivity index (χ1) is 8.65. The second-order valence-electron chi connectivity index (χ2n) is 5.36. The van der Waals surface area contributed by atoms with Gasteiger partial charge in [-0.1, -0.05) is 6.92 Å². The van der Waals surface area contributed by atoms with Crippen molar-refractivity contribution in [1.29, 1.82) is 0 Å². The Bertz CT molecular complexity index is 364. The van der Waals surface area contributed by atoms with Gasteiger partial charge in [0.15, 0.2) is 0 Å². The Labute approximate surface area is 114 Å². The molecule has 0 amide bonds. The molecule has 18 heavy (non-hydrogen) atoms. The van der Waals surface area contributed by atoms with Crippen LogP contribution >= 0.6 is 11.3 Å².